The third-order valence-corrected chi connectivity index (χ3v) is 8.90. The molecule has 3 amide bonds. The average molecular weight is 647 g/mol. The van der Waals surface area contributed by atoms with E-state index in [2.05, 4.69) is 27.4 Å². The predicted octanol–water partition coefficient (Wildman–Crippen LogP) is 4.16. The molecule has 248 valence electrons. The molecule has 2 unspecified atom stereocenters. The molecule has 6 heterocycles. The maximum atomic E-state index is 15.6. The third kappa shape index (κ3) is 6.39. The molecule has 0 saturated carbocycles. The van der Waals surface area contributed by atoms with E-state index in [9.17, 15) is 9.59 Å². The highest BCUT2D eigenvalue weighted by Gasteiger charge is 2.39. The van der Waals surface area contributed by atoms with Gasteiger partial charge in [-0.15, -0.1) is 0 Å². The highest BCUT2D eigenvalue weighted by Crippen LogP contribution is 2.38. The van der Waals surface area contributed by atoms with Crippen molar-refractivity contribution in [3.8, 4) is 17.1 Å². The minimum absolute atomic E-state index is 0.0380. The number of likely N-dealkylation sites (N-methyl/N-ethyl adjacent to an activating group) is 1. The number of aromatic nitrogens is 3. The molecule has 2 N–H and O–H groups in total. The number of amides is 3. The summed E-state index contributed by atoms with van der Waals surface area (Å²) in [7, 11) is 1.69. The van der Waals surface area contributed by atoms with Crippen molar-refractivity contribution in [2.75, 3.05) is 66.9 Å². The Labute approximate surface area is 272 Å². The lowest BCUT2D eigenvalue weighted by Gasteiger charge is -2.34. The molecule has 1 aromatic carbocycles. The molecule has 13 nitrogen and oxygen atoms in total. The van der Waals surface area contributed by atoms with Crippen molar-refractivity contribution >= 4 is 35.1 Å². The minimum atomic E-state index is -0.717. The van der Waals surface area contributed by atoms with Gasteiger partial charge >= 0.3 is 6.03 Å². The number of hydrogen-bond donors (Lipinski definition) is 2. The second-order valence-corrected chi connectivity index (χ2v) is 13.2. The summed E-state index contributed by atoms with van der Waals surface area (Å²) >= 11 is 0. The molecule has 3 aromatic rings. The van der Waals surface area contributed by atoms with Gasteiger partial charge in [-0.05, 0) is 57.9 Å². The Hall–Kier alpha value is -4.56. The first kappa shape index (κ1) is 31.1. The Morgan fingerprint density at radius 3 is 2.57 bits per heavy atom. The molecular formula is C33H39FN8O5. The smallest absolute Gasteiger partial charge is 0.323 e. The van der Waals surface area contributed by atoms with Crippen molar-refractivity contribution in [1.29, 1.82) is 0 Å². The number of hydrogen-bond acceptors (Lipinski definition) is 10. The van der Waals surface area contributed by atoms with E-state index >= 15 is 4.39 Å². The van der Waals surface area contributed by atoms with Crippen molar-refractivity contribution in [2.24, 2.45) is 0 Å². The van der Waals surface area contributed by atoms with Gasteiger partial charge in [-0.3, -0.25) is 4.79 Å². The normalized spacial score (nSPS) is 23.6. The molecule has 0 radical (unpaired) electrons. The summed E-state index contributed by atoms with van der Waals surface area (Å²) in [4.78, 5) is 46.3. The molecule has 4 aliphatic rings. The molecule has 3 atom stereocenters. The van der Waals surface area contributed by atoms with Crippen molar-refractivity contribution in [3.05, 3.63) is 47.9 Å². The van der Waals surface area contributed by atoms with Crippen LogP contribution in [0, 0.1) is 5.82 Å². The summed E-state index contributed by atoms with van der Waals surface area (Å²) in [5, 5.41) is 5.27. The van der Waals surface area contributed by atoms with E-state index in [1.54, 1.807) is 30.3 Å². The Bertz CT molecular complexity index is 1680. The van der Waals surface area contributed by atoms with E-state index in [1.165, 1.54) is 12.1 Å². The topological polar surface area (TPSA) is 134 Å². The quantitative estimate of drug-likeness (QED) is 0.416. The number of pyridine rings is 1. The van der Waals surface area contributed by atoms with Crippen LogP contribution >= 0.6 is 0 Å². The summed E-state index contributed by atoms with van der Waals surface area (Å²) in [5.41, 5.74) is 0.483. The minimum Gasteiger partial charge on any atom is -0.469 e. The first-order valence-electron chi connectivity index (χ1n) is 16.0. The number of ether oxygens (including phenoxy) is 3. The lowest BCUT2D eigenvalue weighted by molar-refractivity contribution is 0.0297. The van der Waals surface area contributed by atoms with E-state index < -0.39 is 17.4 Å². The zero-order valence-electron chi connectivity index (χ0n) is 27.0. The highest BCUT2D eigenvalue weighted by molar-refractivity contribution is 6.03. The molecule has 7 rings (SSSR count). The zero-order valence-corrected chi connectivity index (χ0v) is 27.0. The summed E-state index contributed by atoms with van der Waals surface area (Å²) in [5.74, 6) is 0.337. The van der Waals surface area contributed by atoms with Gasteiger partial charge in [0, 0.05) is 32.2 Å². The highest BCUT2D eigenvalue weighted by atomic mass is 19.1. The van der Waals surface area contributed by atoms with Gasteiger partial charge in [0.15, 0.2) is 0 Å². The second-order valence-electron chi connectivity index (χ2n) is 13.2. The van der Waals surface area contributed by atoms with E-state index in [1.807, 2.05) is 24.8 Å². The zero-order chi connectivity index (χ0) is 32.9. The largest absolute Gasteiger partial charge is 0.469 e. The summed E-state index contributed by atoms with van der Waals surface area (Å²) in [6.45, 7) is 9.40. The van der Waals surface area contributed by atoms with E-state index in [0.29, 0.717) is 50.0 Å². The van der Waals surface area contributed by atoms with E-state index in [4.69, 9.17) is 24.2 Å². The number of rotatable bonds is 5. The van der Waals surface area contributed by atoms with E-state index in [-0.39, 0.29) is 47.0 Å². The first-order valence-corrected chi connectivity index (χ1v) is 16.0. The van der Waals surface area contributed by atoms with E-state index in [0.717, 1.165) is 25.2 Å². The van der Waals surface area contributed by atoms with Gasteiger partial charge in [0.05, 0.1) is 61.3 Å². The van der Waals surface area contributed by atoms with Crippen molar-refractivity contribution in [2.45, 2.75) is 57.5 Å². The fourth-order valence-corrected chi connectivity index (χ4v) is 6.70. The Kier molecular flexibility index (Phi) is 8.08. The van der Waals surface area contributed by atoms with Crippen LogP contribution in [0.5, 0.6) is 5.88 Å². The van der Waals surface area contributed by atoms with Gasteiger partial charge in [-0.1, -0.05) is 6.07 Å². The van der Waals surface area contributed by atoms with Gasteiger partial charge in [-0.2, -0.15) is 4.98 Å². The number of morpholine rings is 2. The number of urea groups is 1. The second kappa shape index (κ2) is 12.2. The maximum Gasteiger partial charge on any atom is 0.323 e. The molecule has 4 aliphatic heterocycles. The Morgan fingerprint density at radius 2 is 1.87 bits per heavy atom. The molecule has 3 fully saturated rings. The summed E-state index contributed by atoms with van der Waals surface area (Å²) < 4.78 is 33.5. The van der Waals surface area contributed by atoms with Gasteiger partial charge in [0.1, 0.15) is 22.8 Å². The summed E-state index contributed by atoms with van der Waals surface area (Å²) in [6.07, 6.45) is 3.66. The van der Waals surface area contributed by atoms with Crippen LogP contribution in [0.1, 0.15) is 44.0 Å². The number of fused-ring (bicyclic) bond motifs is 3. The van der Waals surface area contributed by atoms with Crippen LogP contribution in [0.2, 0.25) is 0 Å². The molecular weight excluding hydrogens is 607 g/mol. The van der Waals surface area contributed by atoms with Gasteiger partial charge in [0.2, 0.25) is 11.8 Å². The average Bonchev–Trinajstić information content (AvgIpc) is 3.34. The van der Waals surface area contributed by atoms with Crippen molar-refractivity contribution in [1.82, 2.24) is 19.9 Å². The fourth-order valence-electron chi connectivity index (χ4n) is 6.70. The standard InChI is InChI=1S/C33H39FN8O5/c1-19-17-45-12-11-42(19)26-10-6-21(14-35-26)36-32(44)37-25-9-5-20(13-24(25)34)28-27-29(47-33(2,3)18-40(4)30(27)43)39-31(38-28)41-15-22-7-8-23(16-41)46-22/h5-6,9-10,13-14,19,22-23H,7-8,11-12,15-18H2,1-4H3,(H2,36,37,44)/t19-,22?,23?/m1/s1. The fraction of sp³-hybridized carbons (Fsp3) is 0.485. The molecule has 2 aromatic heterocycles. The lowest BCUT2D eigenvalue weighted by Crippen LogP contribution is -2.44. The molecule has 0 aliphatic carbocycles. The van der Waals surface area contributed by atoms with Crippen LogP contribution < -0.4 is 25.2 Å². The van der Waals surface area contributed by atoms with Crippen molar-refractivity contribution < 1.29 is 28.2 Å². The maximum absolute atomic E-state index is 15.6. The molecule has 14 heteroatoms. The van der Waals surface area contributed by atoms with Gasteiger partial charge in [0.25, 0.3) is 5.91 Å². The summed E-state index contributed by atoms with van der Waals surface area (Å²) in [6, 6.07) is 7.48. The Balaban J connectivity index is 1.14. The monoisotopic (exact) mass is 646 g/mol. The first-order chi connectivity index (χ1) is 22.5. The van der Waals surface area contributed by atoms with Crippen LogP contribution in [0.15, 0.2) is 36.5 Å². The SMILES string of the molecule is C[C@@H]1COCCN1c1ccc(NC(=O)Nc2ccc(-c3nc(N4CC5CCC(C4)O5)nc4c3C(=O)N(C)CC(C)(C)O4)cc2F)cn1. The molecule has 3 saturated heterocycles. The number of halogens is 1. The van der Waals surface area contributed by atoms with Crippen molar-refractivity contribution in [3.63, 3.8) is 0 Å². The van der Waals surface area contributed by atoms with Gasteiger partial charge < -0.3 is 39.5 Å². The molecule has 0 spiro atoms. The molecule has 47 heavy (non-hydrogen) atoms. The van der Waals surface area contributed by atoms with Crippen LogP contribution in [-0.2, 0) is 9.47 Å². The number of benzene rings is 1. The van der Waals surface area contributed by atoms with Crippen LogP contribution in [0.4, 0.5) is 32.3 Å². The van der Waals surface area contributed by atoms with Gasteiger partial charge in [-0.25, -0.2) is 19.2 Å². The number of nitrogens with zero attached hydrogens (tertiary/aromatic N) is 6. The Morgan fingerprint density at radius 1 is 1.09 bits per heavy atom. The molecule has 2 bridgehead atoms. The predicted molar refractivity (Wildman–Crippen MR) is 174 cm³/mol. The lowest BCUT2D eigenvalue weighted by atomic mass is 10.0. The number of carbonyl (C=O) groups is 2. The van der Waals surface area contributed by atoms with Crippen LogP contribution in [0.25, 0.3) is 11.3 Å². The number of anilines is 4. The number of nitrogens with one attached hydrogen (secondary N) is 2. The number of carbonyl (C=O) groups excluding carboxylic acids is 2. The third-order valence-electron chi connectivity index (χ3n) is 8.90. The van der Waals surface area contributed by atoms with Crippen LogP contribution in [0.3, 0.4) is 0 Å². The van der Waals surface area contributed by atoms with Crippen LogP contribution in [-0.4, -0.2) is 102 Å².